The zero-order chi connectivity index (χ0) is 35.5. The minimum Gasteiger partial charge on any atom is -0.463 e. The number of rotatable bonds is 5. The van der Waals surface area contributed by atoms with Crippen molar-refractivity contribution in [2.45, 2.75) is 124 Å². The van der Waals surface area contributed by atoms with Gasteiger partial charge >= 0.3 is 18.0 Å². The van der Waals surface area contributed by atoms with Gasteiger partial charge in [0.2, 0.25) is 0 Å². The van der Waals surface area contributed by atoms with Crippen LogP contribution in [0.3, 0.4) is 0 Å². The molecule has 4 aliphatic carbocycles. The normalized spacial score (nSPS) is 14.2. The van der Waals surface area contributed by atoms with E-state index >= 15 is 0 Å². The average molecular weight is 632 g/mol. The van der Waals surface area contributed by atoms with Crippen LogP contribution in [0.15, 0.2) is 48.6 Å². The van der Waals surface area contributed by atoms with Gasteiger partial charge in [-0.3, -0.25) is 0 Å². The van der Waals surface area contributed by atoms with E-state index in [0.29, 0.717) is 16.2 Å². The summed E-state index contributed by atoms with van der Waals surface area (Å²) in [4.78, 5) is 45.5. The molecule has 250 valence electrons. The number of esters is 1. The molecule has 46 heavy (non-hydrogen) atoms. The van der Waals surface area contributed by atoms with Crippen LogP contribution in [0.5, 0.6) is 0 Å². The molecule has 0 radical (unpaired) electrons. The highest BCUT2D eigenvalue weighted by Gasteiger charge is 2.53. The van der Waals surface area contributed by atoms with Crippen molar-refractivity contribution in [1.82, 2.24) is 5.06 Å². The lowest BCUT2D eigenvalue weighted by molar-refractivity contribution is -0.189. The first kappa shape index (κ1) is 36.6. The monoisotopic (exact) mass is 631 g/mol. The number of carboxylic acid groups (broad SMARTS) is 1. The van der Waals surface area contributed by atoms with Crippen molar-refractivity contribution in [3.8, 4) is 11.1 Å². The first-order valence-corrected chi connectivity index (χ1v) is 15.8. The predicted octanol–water partition coefficient (Wildman–Crippen LogP) is 9.23. The third-order valence-electron chi connectivity index (χ3n) is 8.39. The summed E-state index contributed by atoms with van der Waals surface area (Å²) in [7, 11) is 0. The highest BCUT2D eigenvalue weighted by molar-refractivity contribution is 5.89. The van der Waals surface area contributed by atoms with Crippen LogP contribution in [0.25, 0.3) is 11.1 Å². The molecule has 0 fully saturated rings. The molecule has 2 aromatic carbocycles. The molecular weight excluding hydrogens is 578 g/mol. The average Bonchev–Trinajstić information content (AvgIpc) is 3.00. The van der Waals surface area contributed by atoms with E-state index in [1.807, 2.05) is 0 Å². The molecular formula is C39H53NO6. The second-order valence-corrected chi connectivity index (χ2v) is 16.9. The fourth-order valence-corrected chi connectivity index (χ4v) is 6.04. The van der Waals surface area contributed by atoms with E-state index in [0.717, 1.165) is 33.4 Å². The van der Waals surface area contributed by atoms with Gasteiger partial charge in [0.15, 0.2) is 5.60 Å². The Hall–Kier alpha value is -3.87. The molecule has 0 aromatic heterocycles. The molecule has 0 aliphatic heterocycles. The van der Waals surface area contributed by atoms with Crippen molar-refractivity contribution < 1.29 is 29.1 Å². The van der Waals surface area contributed by atoms with Crippen molar-refractivity contribution in [3.63, 3.8) is 0 Å². The van der Waals surface area contributed by atoms with Gasteiger partial charge in [-0.15, -0.1) is 5.06 Å². The number of amides is 1. The van der Waals surface area contributed by atoms with E-state index in [9.17, 15) is 19.5 Å². The molecule has 0 saturated carbocycles. The van der Waals surface area contributed by atoms with Crippen LogP contribution in [0.2, 0.25) is 0 Å². The predicted molar refractivity (Wildman–Crippen MR) is 184 cm³/mol. The number of hydroxylamine groups is 2. The quantitative estimate of drug-likeness (QED) is 0.201. The van der Waals surface area contributed by atoms with E-state index in [1.165, 1.54) is 6.92 Å². The first-order valence-electron chi connectivity index (χ1n) is 15.8. The van der Waals surface area contributed by atoms with E-state index in [4.69, 9.17) is 9.57 Å². The van der Waals surface area contributed by atoms with Gasteiger partial charge in [0.25, 0.3) is 0 Å². The molecule has 0 spiro atoms. The molecule has 4 bridgehead atoms. The molecule has 7 nitrogen and oxygen atoms in total. The second-order valence-electron chi connectivity index (χ2n) is 16.9. The van der Waals surface area contributed by atoms with Crippen LogP contribution < -0.4 is 0 Å². The SMILES string of the molecule is C=C(C)C(=O)ON(CC1(OC(=O)C(=C)C)c2c(C(C)(C)C)cc(cc2C(C)(C)C)-c2cc(C(C)(C)C)c1c(C(C)(C)C)c2)C(=O)O. The van der Waals surface area contributed by atoms with Crippen LogP contribution >= 0.6 is 0 Å². The summed E-state index contributed by atoms with van der Waals surface area (Å²) in [6.45, 7) is 35.1. The largest absolute Gasteiger partial charge is 0.463 e. The second kappa shape index (κ2) is 11.7. The topological polar surface area (TPSA) is 93.1 Å². The molecule has 0 heterocycles. The maximum atomic E-state index is 14.0. The maximum Gasteiger partial charge on any atom is 0.441 e. The van der Waals surface area contributed by atoms with Crippen molar-refractivity contribution in [2.75, 3.05) is 6.54 Å². The fraction of sp³-hybridized carbons (Fsp3) is 0.513. The van der Waals surface area contributed by atoms with Crippen molar-refractivity contribution in [2.24, 2.45) is 0 Å². The molecule has 0 saturated heterocycles. The molecule has 7 heteroatoms. The third-order valence-corrected chi connectivity index (χ3v) is 8.39. The van der Waals surface area contributed by atoms with Crippen LogP contribution in [0, 0.1) is 0 Å². The Kier molecular flexibility index (Phi) is 9.34. The van der Waals surface area contributed by atoms with Gasteiger partial charge in [-0.1, -0.05) is 121 Å². The number of carbonyl (C=O) groups is 3. The molecule has 2 aromatic rings. The minimum atomic E-state index is -1.79. The highest BCUT2D eigenvalue weighted by Crippen LogP contribution is 2.54. The van der Waals surface area contributed by atoms with Crippen LogP contribution in [0.1, 0.15) is 130 Å². The van der Waals surface area contributed by atoms with E-state index in [1.54, 1.807) is 6.92 Å². The lowest BCUT2D eigenvalue weighted by Gasteiger charge is -2.46. The zero-order valence-corrected chi connectivity index (χ0v) is 30.4. The van der Waals surface area contributed by atoms with Gasteiger partial charge in [0.1, 0.15) is 6.54 Å². The Bertz CT molecular complexity index is 1460. The Morgan fingerprint density at radius 3 is 1.20 bits per heavy atom. The first-order chi connectivity index (χ1) is 20.6. The standard InChI is InChI=1S/C39H53NO6/c1-22(2)32(41)45-39(21-40(34(43)44)46-33(42)23(3)4)30-26(35(5,6)7)17-24(18-27(30)36(8,9)10)25-19-28(37(11,12)13)31(39)29(20-25)38(14,15)16/h17-20H,1,3,21H2,2,4-16H3,(H,43,44). The van der Waals surface area contributed by atoms with Gasteiger partial charge in [-0.05, 0) is 68.9 Å². The Labute approximate surface area is 275 Å². The number of benzene rings is 2. The Balaban J connectivity index is 2.86. The number of carbonyl (C=O) groups excluding carboxylic acids is 2. The van der Waals surface area contributed by atoms with Gasteiger partial charge in [-0.25, -0.2) is 14.4 Å². The molecule has 1 N–H and O–H groups in total. The summed E-state index contributed by atoms with van der Waals surface area (Å²) in [6.07, 6.45) is -1.52. The molecule has 1 amide bonds. The number of hydrogen-bond acceptors (Lipinski definition) is 5. The summed E-state index contributed by atoms with van der Waals surface area (Å²) in [6, 6.07) is 8.54. The van der Waals surface area contributed by atoms with E-state index in [-0.39, 0.29) is 11.1 Å². The maximum absolute atomic E-state index is 14.0. The van der Waals surface area contributed by atoms with Gasteiger partial charge in [-0.2, -0.15) is 0 Å². The van der Waals surface area contributed by atoms with Gasteiger partial charge < -0.3 is 14.7 Å². The van der Waals surface area contributed by atoms with Crippen molar-refractivity contribution >= 4 is 18.0 Å². The third kappa shape index (κ3) is 6.93. The molecule has 0 atom stereocenters. The Morgan fingerprint density at radius 1 is 0.652 bits per heavy atom. The van der Waals surface area contributed by atoms with Gasteiger partial charge in [0.05, 0.1) is 0 Å². The van der Waals surface area contributed by atoms with Crippen LogP contribution in [0.4, 0.5) is 4.79 Å². The summed E-state index contributed by atoms with van der Waals surface area (Å²) >= 11 is 0. The number of ether oxygens (including phenoxy) is 1. The summed E-state index contributed by atoms with van der Waals surface area (Å²) < 4.78 is 6.80. The van der Waals surface area contributed by atoms with Crippen LogP contribution in [-0.2, 0) is 46.4 Å². The van der Waals surface area contributed by atoms with Crippen molar-refractivity contribution in [1.29, 1.82) is 0 Å². The minimum absolute atomic E-state index is 0.0268. The summed E-state index contributed by atoms with van der Waals surface area (Å²) in [5.41, 5.74) is 3.41. The lowest BCUT2D eigenvalue weighted by atomic mass is 9.65. The van der Waals surface area contributed by atoms with E-state index < -0.39 is 51.8 Å². The lowest BCUT2D eigenvalue weighted by Crippen LogP contribution is -2.51. The molecule has 4 aliphatic rings. The van der Waals surface area contributed by atoms with Crippen LogP contribution in [-0.4, -0.2) is 34.7 Å². The molecule has 6 rings (SSSR count). The van der Waals surface area contributed by atoms with Crippen molar-refractivity contribution in [3.05, 3.63) is 82.0 Å². The summed E-state index contributed by atoms with van der Waals surface area (Å²) in [5, 5.41) is 11.2. The number of nitrogens with zero attached hydrogens (tertiary/aromatic N) is 1. The highest BCUT2D eigenvalue weighted by atomic mass is 16.7. The zero-order valence-electron chi connectivity index (χ0n) is 30.4. The molecule has 0 unspecified atom stereocenters. The summed E-state index contributed by atoms with van der Waals surface area (Å²) in [5.74, 6) is -1.60. The van der Waals surface area contributed by atoms with E-state index in [2.05, 4.69) is 121 Å². The van der Waals surface area contributed by atoms with Gasteiger partial charge in [0, 0.05) is 22.3 Å². The number of hydrogen-bond donors (Lipinski definition) is 1. The smallest absolute Gasteiger partial charge is 0.441 e. The fourth-order valence-electron chi connectivity index (χ4n) is 6.04. The Morgan fingerprint density at radius 2 is 0.957 bits per heavy atom.